The molecule has 6 heteroatoms. The lowest BCUT2D eigenvalue weighted by Crippen LogP contribution is -2.50. The molecule has 1 aliphatic rings. The van der Waals surface area contributed by atoms with Crippen molar-refractivity contribution in [2.24, 2.45) is 0 Å². The van der Waals surface area contributed by atoms with E-state index in [1.807, 2.05) is 23.8 Å². The molecular weight excluding hydrogens is 316 g/mol. The summed E-state index contributed by atoms with van der Waals surface area (Å²) in [6.45, 7) is 7.14. The van der Waals surface area contributed by atoms with Gasteiger partial charge in [0.25, 0.3) is 0 Å². The van der Waals surface area contributed by atoms with Crippen molar-refractivity contribution in [1.82, 2.24) is 20.4 Å². The molecule has 0 bridgehead atoms. The van der Waals surface area contributed by atoms with Crippen molar-refractivity contribution in [2.45, 2.75) is 39.3 Å². The molecule has 1 fully saturated rings. The number of carbonyl (C=O) groups is 2. The molecule has 6 nitrogen and oxygen atoms in total. The van der Waals surface area contributed by atoms with Gasteiger partial charge in [-0.15, -0.1) is 0 Å². The zero-order valence-corrected chi connectivity index (χ0v) is 15.5. The van der Waals surface area contributed by atoms with Crippen LogP contribution in [-0.2, 0) is 11.3 Å². The molecule has 1 saturated heterocycles. The minimum atomic E-state index is -0.00916. The molecule has 0 atom stereocenters. The van der Waals surface area contributed by atoms with E-state index in [1.54, 1.807) is 0 Å². The fraction of sp³-hybridized carbons (Fsp3) is 0.579. The summed E-state index contributed by atoms with van der Waals surface area (Å²) in [4.78, 5) is 27.9. The number of amides is 3. The Bertz CT molecular complexity index is 565. The van der Waals surface area contributed by atoms with E-state index in [-0.39, 0.29) is 18.0 Å². The molecule has 0 aliphatic carbocycles. The van der Waals surface area contributed by atoms with Crippen LogP contribution in [0.1, 0.15) is 30.9 Å². The Hall–Kier alpha value is -2.08. The predicted octanol–water partition coefficient (Wildman–Crippen LogP) is 1.74. The van der Waals surface area contributed by atoms with E-state index >= 15 is 0 Å². The van der Waals surface area contributed by atoms with Crippen LogP contribution in [0, 0.1) is 6.92 Å². The van der Waals surface area contributed by atoms with Crippen LogP contribution >= 0.6 is 0 Å². The number of aryl methyl sites for hydroxylation is 1. The molecule has 2 N–H and O–H groups in total. The number of rotatable bonds is 6. The summed E-state index contributed by atoms with van der Waals surface area (Å²) in [6, 6.07) is 8.52. The van der Waals surface area contributed by atoms with Crippen LogP contribution < -0.4 is 10.6 Å². The van der Waals surface area contributed by atoms with Crippen LogP contribution in [0.4, 0.5) is 4.79 Å². The van der Waals surface area contributed by atoms with Gasteiger partial charge in [0.05, 0.1) is 6.54 Å². The number of carbonyl (C=O) groups excluding carboxylic acids is 2. The fourth-order valence-corrected chi connectivity index (χ4v) is 3.07. The van der Waals surface area contributed by atoms with E-state index in [0.29, 0.717) is 26.2 Å². The maximum Gasteiger partial charge on any atom is 0.317 e. The topological polar surface area (TPSA) is 64.7 Å². The van der Waals surface area contributed by atoms with Gasteiger partial charge in [-0.1, -0.05) is 29.8 Å². The first-order chi connectivity index (χ1) is 12.0. The summed E-state index contributed by atoms with van der Waals surface area (Å²) < 4.78 is 0. The average Bonchev–Trinajstić information content (AvgIpc) is 2.57. The van der Waals surface area contributed by atoms with Crippen LogP contribution in [0.3, 0.4) is 0 Å². The highest BCUT2D eigenvalue weighted by molar-refractivity contribution is 5.78. The van der Waals surface area contributed by atoms with Gasteiger partial charge in [-0.25, -0.2) is 4.79 Å². The standard InChI is InChI=1S/C19H30N4O2/c1-4-20-19(25)23-11-9-17(10-12-23)21-18(24)14-22(3)13-16-7-5-15(2)6-8-16/h5-8,17H,4,9-14H2,1-3H3,(H,20,25)(H,21,24). The summed E-state index contributed by atoms with van der Waals surface area (Å²) in [7, 11) is 1.96. The first-order valence-corrected chi connectivity index (χ1v) is 9.04. The van der Waals surface area contributed by atoms with Gasteiger partial charge in [-0.05, 0) is 39.3 Å². The molecule has 0 saturated carbocycles. The Balaban J connectivity index is 1.70. The van der Waals surface area contributed by atoms with Crippen molar-refractivity contribution >= 4 is 11.9 Å². The maximum atomic E-state index is 12.2. The van der Waals surface area contributed by atoms with Gasteiger partial charge < -0.3 is 15.5 Å². The highest BCUT2D eigenvalue weighted by atomic mass is 16.2. The Morgan fingerprint density at radius 2 is 1.84 bits per heavy atom. The lowest BCUT2D eigenvalue weighted by Gasteiger charge is -2.32. The van der Waals surface area contributed by atoms with E-state index < -0.39 is 0 Å². The molecular formula is C19H30N4O2. The van der Waals surface area contributed by atoms with Crippen LogP contribution in [0.25, 0.3) is 0 Å². The van der Waals surface area contributed by atoms with Gasteiger partial charge in [0.2, 0.25) is 5.91 Å². The quantitative estimate of drug-likeness (QED) is 0.825. The predicted molar refractivity (Wildman–Crippen MR) is 99.3 cm³/mol. The van der Waals surface area contributed by atoms with Crippen molar-refractivity contribution in [3.8, 4) is 0 Å². The van der Waals surface area contributed by atoms with Crippen LogP contribution in [-0.4, -0.2) is 61.0 Å². The Labute approximate surface area is 150 Å². The largest absolute Gasteiger partial charge is 0.352 e. The number of piperidine rings is 1. The molecule has 0 aromatic heterocycles. The summed E-state index contributed by atoms with van der Waals surface area (Å²) in [6.07, 6.45) is 1.62. The first-order valence-electron chi connectivity index (χ1n) is 9.04. The molecule has 0 unspecified atom stereocenters. The SMILES string of the molecule is CCNC(=O)N1CCC(NC(=O)CN(C)Cc2ccc(C)cc2)CC1. The molecule has 1 heterocycles. The van der Waals surface area contributed by atoms with Crippen molar-refractivity contribution in [1.29, 1.82) is 0 Å². The zero-order chi connectivity index (χ0) is 18.2. The van der Waals surface area contributed by atoms with Gasteiger partial charge in [-0.3, -0.25) is 9.69 Å². The number of nitrogens with one attached hydrogen (secondary N) is 2. The number of likely N-dealkylation sites (N-methyl/N-ethyl adjacent to an activating group) is 1. The van der Waals surface area contributed by atoms with Crippen molar-refractivity contribution in [3.05, 3.63) is 35.4 Å². The molecule has 0 spiro atoms. The van der Waals surface area contributed by atoms with E-state index in [4.69, 9.17) is 0 Å². The van der Waals surface area contributed by atoms with E-state index in [9.17, 15) is 9.59 Å². The summed E-state index contributed by atoms with van der Waals surface area (Å²) >= 11 is 0. The fourth-order valence-electron chi connectivity index (χ4n) is 3.07. The van der Waals surface area contributed by atoms with Crippen molar-refractivity contribution < 1.29 is 9.59 Å². The zero-order valence-electron chi connectivity index (χ0n) is 15.5. The lowest BCUT2D eigenvalue weighted by atomic mass is 10.1. The molecule has 3 amide bonds. The molecule has 1 aliphatic heterocycles. The summed E-state index contributed by atoms with van der Waals surface area (Å²) in [5.74, 6) is 0.0473. The van der Waals surface area contributed by atoms with Crippen LogP contribution in [0.5, 0.6) is 0 Å². The van der Waals surface area contributed by atoms with Crippen molar-refractivity contribution in [3.63, 3.8) is 0 Å². The monoisotopic (exact) mass is 346 g/mol. The van der Waals surface area contributed by atoms with Gasteiger partial charge in [-0.2, -0.15) is 0 Å². The number of nitrogens with zero attached hydrogens (tertiary/aromatic N) is 2. The average molecular weight is 346 g/mol. The Morgan fingerprint density at radius 3 is 2.44 bits per heavy atom. The number of hydrogen-bond acceptors (Lipinski definition) is 3. The normalized spacial score (nSPS) is 15.3. The third-order valence-corrected chi connectivity index (χ3v) is 4.46. The third kappa shape index (κ3) is 6.38. The molecule has 2 rings (SSSR count). The van der Waals surface area contributed by atoms with Gasteiger partial charge >= 0.3 is 6.03 Å². The Morgan fingerprint density at radius 1 is 1.20 bits per heavy atom. The van der Waals surface area contributed by atoms with E-state index in [2.05, 4.69) is 41.8 Å². The molecule has 0 radical (unpaired) electrons. The number of hydrogen-bond donors (Lipinski definition) is 2. The highest BCUT2D eigenvalue weighted by Gasteiger charge is 2.23. The van der Waals surface area contributed by atoms with E-state index in [0.717, 1.165) is 19.4 Å². The number of likely N-dealkylation sites (tertiary alicyclic amines) is 1. The molecule has 25 heavy (non-hydrogen) atoms. The lowest BCUT2D eigenvalue weighted by molar-refractivity contribution is -0.123. The van der Waals surface area contributed by atoms with Gasteiger partial charge in [0.1, 0.15) is 0 Å². The molecule has 1 aromatic rings. The molecule has 1 aromatic carbocycles. The number of urea groups is 1. The van der Waals surface area contributed by atoms with E-state index in [1.165, 1.54) is 11.1 Å². The number of benzene rings is 1. The van der Waals surface area contributed by atoms with Crippen LogP contribution in [0.2, 0.25) is 0 Å². The third-order valence-electron chi connectivity index (χ3n) is 4.46. The van der Waals surface area contributed by atoms with Gasteiger partial charge in [0, 0.05) is 32.2 Å². The summed E-state index contributed by atoms with van der Waals surface area (Å²) in [5, 5.41) is 5.91. The first kappa shape index (κ1) is 19.2. The highest BCUT2D eigenvalue weighted by Crippen LogP contribution is 2.11. The minimum absolute atomic E-state index is 0.00916. The minimum Gasteiger partial charge on any atom is -0.352 e. The Kier molecular flexibility index (Phi) is 7.25. The second-order valence-corrected chi connectivity index (χ2v) is 6.82. The maximum absolute atomic E-state index is 12.2. The molecule has 138 valence electrons. The second-order valence-electron chi connectivity index (χ2n) is 6.82. The van der Waals surface area contributed by atoms with Crippen LogP contribution in [0.15, 0.2) is 24.3 Å². The van der Waals surface area contributed by atoms with Crippen molar-refractivity contribution in [2.75, 3.05) is 33.2 Å². The summed E-state index contributed by atoms with van der Waals surface area (Å²) in [5.41, 5.74) is 2.44. The second kappa shape index (κ2) is 9.42. The smallest absolute Gasteiger partial charge is 0.317 e. The van der Waals surface area contributed by atoms with Gasteiger partial charge in [0.15, 0.2) is 0 Å².